The first-order valence-electron chi connectivity index (χ1n) is 6.04. The van der Waals surface area contributed by atoms with Crippen molar-refractivity contribution in [1.82, 2.24) is 0 Å². The summed E-state index contributed by atoms with van der Waals surface area (Å²) in [6.07, 6.45) is 0. The Morgan fingerprint density at radius 3 is 2.71 bits per heavy atom. The number of urea groups is 1. The minimum absolute atomic E-state index is 0.531. The first-order valence-corrected chi connectivity index (χ1v) is 6.83. The maximum absolute atomic E-state index is 10.9. The van der Waals surface area contributed by atoms with Crippen LogP contribution in [0.3, 0.4) is 0 Å². The number of hydrogen-bond acceptors (Lipinski definition) is 3. The van der Waals surface area contributed by atoms with E-state index >= 15 is 0 Å². The van der Waals surface area contributed by atoms with Crippen molar-refractivity contribution in [2.45, 2.75) is 6.92 Å². The van der Waals surface area contributed by atoms with Crippen molar-refractivity contribution in [3.8, 4) is 17.6 Å². The Morgan fingerprint density at radius 2 is 2.10 bits per heavy atom. The van der Waals surface area contributed by atoms with Gasteiger partial charge in [0, 0.05) is 16.2 Å². The van der Waals surface area contributed by atoms with E-state index in [4.69, 9.17) is 15.7 Å². The number of nitrogens with one attached hydrogen (secondary N) is 1. The number of aryl methyl sites for hydroxylation is 1. The van der Waals surface area contributed by atoms with Crippen molar-refractivity contribution in [2.24, 2.45) is 5.73 Å². The highest BCUT2D eigenvalue weighted by molar-refractivity contribution is 9.10. The molecule has 21 heavy (non-hydrogen) atoms. The van der Waals surface area contributed by atoms with Crippen molar-refractivity contribution < 1.29 is 9.53 Å². The van der Waals surface area contributed by atoms with Gasteiger partial charge < -0.3 is 15.8 Å². The lowest BCUT2D eigenvalue weighted by Crippen LogP contribution is -2.19. The van der Waals surface area contributed by atoms with Gasteiger partial charge in [-0.05, 0) is 52.7 Å². The molecule has 0 spiro atoms. The van der Waals surface area contributed by atoms with Crippen LogP contribution in [-0.2, 0) is 0 Å². The standard InChI is InChI=1S/C15H12BrN3O2/c1-9-2-4-11(19-15(18)20)6-14(9)21-12-5-3-10(8-17)13(16)7-12/h2-7H,1H3,(H3,18,19,20). The van der Waals surface area contributed by atoms with Crippen molar-refractivity contribution in [1.29, 1.82) is 5.26 Å². The Bertz CT molecular complexity index is 738. The van der Waals surface area contributed by atoms with Crippen molar-refractivity contribution >= 4 is 27.6 Å². The molecule has 0 aliphatic carbocycles. The number of carbonyl (C=O) groups is 1. The minimum atomic E-state index is -0.633. The Labute approximate surface area is 130 Å². The quantitative estimate of drug-likeness (QED) is 0.883. The summed E-state index contributed by atoms with van der Waals surface area (Å²) in [4.78, 5) is 10.9. The fourth-order valence-corrected chi connectivity index (χ4v) is 2.15. The number of primary amides is 1. The largest absolute Gasteiger partial charge is 0.457 e. The number of hydrogen-bond donors (Lipinski definition) is 2. The highest BCUT2D eigenvalue weighted by Crippen LogP contribution is 2.30. The Hall–Kier alpha value is -2.52. The lowest BCUT2D eigenvalue weighted by molar-refractivity contribution is 0.259. The lowest BCUT2D eigenvalue weighted by atomic mass is 10.2. The first-order chi connectivity index (χ1) is 9.99. The van der Waals surface area contributed by atoms with Crippen LogP contribution in [0.1, 0.15) is 11.1 Å². The SMILES string of the molecule is Cc1ccc(NC(N)=O)cc1Oc1ccc(C#N)c(Br)c1. The van der Waals surface area contributed by atoms with E-state index in [1.807, 2.05) is 13.0 Å². The maximum atomic E-state index is 10.9. The minimum Gasteiger partial charge on any atom is -0.457 e. The summed E-state index contributed by atoms with van der Waals surface area (Å²) in [6, 6.07) is 11.8. The summed E-state index contributed by atoms with van der Waals surface area (Å²) in [5.74, 6) is 1.18. The molecule has 0 aromatic heterocycles. The van der Waals surface area contributed by atoms with Crippen molar-refractivity contribution in [2.75, 3.05) is 5.32 Å². The second-order valence-corrected chi connectivity index (χ2v) is 5.18. The van der Waals surface area contributed by atoms with E-state index in [2.05, 4.69) is 27.3 Å². The molecule has 2 amide bonds. The second kappa shape index (κ2) is 6.29. The third kappa shape index (κ3) is 3.74. The zero-order chi connectivity index (χ0) is 15.4. The van der Waals surface area contributed by atoms with Crippen LogP contribution in [0.15, 0.2) is 40.9 Å². The van der Waals surface area contributed by atoms with Gasteiger partial charge in [0.15, 0.2) is 0 Å². The van der Waals surface area contributed by atoms with E-state index in [1.54, 1.807) is 30.3 Å². The van der Waals surface area contributed by atoms with Gasteiger partial charge >= 0.3 is 6.03 Å². The summed E-state index contributed by atoms with van der Waals surface area (Å²) in [5.41, 5.74) is 7.08. The average molecular weight is 346 g/mol. The van der Waals surface area contributed by atoms with Gasteiger partial charge in [0.2, 0.25) is 0 Å². The fourth-order valence-electron chi connectivity index (χ4n) is 1.71. The number of rotatable bonds is 3. The number of anilines is 1. The van der Waals surface area contributed by atoms with Gasteiger partial charge in [-0.2, -0.15) is 5.26 Å². The van der Waals surface area contributed by atoms with Crippen LogP contribution in [0.25, 0.3) is 0 Å². The van der Waals surface area contributed by atoms with Crippen molar-refractivity contribution in [3.63, 3.8) is 0 Å². The van der Waals surface area contributed by atoms with Crippen LogP contribution >= 0.6 is 15.9 Å². The molecule has 2 aromatic rings. The first kappa shape index (κ1) is 14.9. The molecule has 3 N–H and O–H groups in total. The van der Waals surface area contributed by atoms with Crippen LogP contribution in [-0.4, -0.2) is 6.03 Å². The van der Waals surface area contributed by atoms with E-state index in [9.17, 15) is 4.79 Å². The van der Waals surface area contributed by atoms with Crippen LogP contribution < -0.4 is 15.8 Å². The smallest absolute Gasteiger partial charge is 0.316 e. The van der Waals surface area contributed by atoms with Crippen LogP contribution in [0, 0.1) is 18.3 Å². The summed E-state index contributed by atoms with van der Waals surface area (Å²) in [7, 11) is 0. The molecule has 0 aliphatic heterocycles. The monoisotopic (exact) mass is 345 g/mol. The zero-order valence-electron chi connectivity index (χ0n) is 11.2. The Balaban J connectivity index is 2.28. The molecule has 0 heterocycles. The molecular weight excluding hydrogens is 334 g/mol. The predicted octanol–water partition coefficient (Wildman–Crippen LogP) is 3.91. The molecule has 0 fully saturated rings. The zero-order valence-corrected chi connectivity index (χ0v) is 12.8. The number of carbonyl (C=O) groups excluding carboxylic acids is 1. The van der Waals surface area contributed by atoms with E-state index in [-0.39, 0.29) is 0 Å². The normalized spacial score (nSPS) is 9.76. The maximum Gasteiger partial charge on any atom is 0.316 e. The number of nitriles is 1. The molecule has 2 aromatic carbocycles. The third-order valence-corrected chi connectivity index (χ3v) is 3.40. The lowest BCUT2D eigenvalue weighted by Gasteiger charge is -2.11. The van der Waals surface area contributed by atoms with Crippen LogP contribution in [0.2, 0.25) is 0 Å². The van der Waals surface area contributed by atoms with Gasteiger partial charge in [0.05, 0.1) is 5.56 Å². The van der Waals surface area contributed by atoms with Gasteiger partial charge in [-0.1, -0.05) is 6.07 Å². The van der Waals surface area contributed by atoms with Crippen molar-refractivity contribution in [3.05, 3.63) is 52.0 Å². The second-order valence-electron chi connectivity index (χ2n) is 4.33. The highest BCUT2D eigenvalue weighted by Gasteiger charge is 2.07. The fraction of sp³-hybridized carbons (Fsp3) is 0.0667. The average Bonchev–Trinajstić information content (AvgIpc) is 2.42. The van der Waals surface area contributed by atoms with Gasteiger partial charge in [0.1, 0.15) is 17.6 Å². The predicted molar refractivity (Wildman–Crippen MR) is 83.3 cm³/mol. The molecule has 0 unspecified atom stereocenters. The molecular formula is C15H12BrN3O2. The van der Waals surface area contributed by atoms with Gasteiger partial charge in [-0.25, -0.2) is 4.79 Å². The molecule has 0 atom stereocenters. The summed E-state index contributed by atoms with van der Waals surface area (Å²) in [5, 5.41) is 11.4. The molecule has 0 bridgehead atoms. The van der Waals surface area contributed by atoms with Gasteiger partial charge in [0.25, 0.3) is 0 Å². The molecule has 0 radical (unpaired) electrons. The van der Waals surface area contributed by atoms with E-state index < -0.39 is 6.03 Å². The molecule has 106 valence electrons. The van der Waals surface area contributed by atoms with E-state index in [0.717, 1.165) is 5.56 Å². The molecule has 6 heteroatoms. The topological polar surface area (TPSA) is 88.1 Å². The Kier molecular flexibility index (Phi) is 4.45. The molecule has 0 saturated carbocycles. The number of nitrogens with zero attached hydrogens (tertiary/aromatic N) is 1. The number of nitrogens with two attached hydrogens (primary N) is 1. The van der Waals surface area contributed by atoms with Crippen LogP contribution in [0.4, 0.5) is 10.5 Å². The summed E-state index contributed by atoms with van der Waals surface area (Å²) >= 11 is 3.31. The van der Waals surface area contributed by atoms with Gasteiger partial charge in [-0.15, -0.1) is 0 Å². The molecule has 5 nitrogen and oxygen atoms in total. The number of benzene rings is 2. The number of ether oxygens (including phenoxy) is 1. The molecule has 0 aliphatic rings. The highest BCUT2D eigenvalue weighted by atomic mass is 79.9. The summed E-state index contributed by atoms with van der Waals surface area (Å²) < 4.78 is 6.44. The van der Waals surface area contributed by atoms with E-state index in [1.165, 1.54) is 0 Å². The Morgan fingerprint density at radius 1 is 1.33 bits per heavy atom. The molecule has 0 saturated heterocycles. The van der Waals surface area contributed by atoms with Gasteiger partial charge in [-0.3, -0.25) is 0 Å². The number of amides is 2. The third-order valence-electron chi connectivity index (χ3n) is 2.74. The number of halogens is 1. The van der Waals surface area contributed by atoms with E-state index in [0.29, 0.717) is 27.2 Å². The summed E-state index contributed by atoms with van der Waals surface area (Å²) in [6.45, 7) is 1.89. The van der Waals surface area contributed by atoms with Crippen LogP contribution in [0.5, 0.6) is 11.5 Å². The molecule has 2 rings (SSSR count).